The van der Waals surface area contributed by atoms with Gasteiger partial charge in [-0.1, -0.05) is 18.2 Å². The number of carbonyl (C=O) groups is 1. The number of carboxylic acids is 1. The van der Waals surface area contributed by atoms with E-state index in [0.29, 0.717) is 6.54 Å². The molecule has 1 fully saturated rings. The van der Waals surface area contributed by atoms with E-state index in [0.717, 1.165) is 13.0 Å². The standard InChI is InChI=1S/C14H19NO2/c1-9-4-3-5-11(10(9)2)12-6-7-15-8-13(12)14(16)17/h3-5,12-13,15H,6-8H2,1-2H3,(H,16,17). The Kier molecular flexibility index (Phi) is 3.48. The molecule has 1 aromatic carbocycles. The third kappa shape index (κ3) is 2.34. The minimum absolute atomic E-state index is 0.147. The van der Waals surface area contributed by atoms with Gasteiger partial charge < -0.3 is 10.4 Å². The van der Waals surface area contributed by atoms with Crippen LogP contribution >= 0.6 is 0 Å². The summed E-state index contributed by atoms with van der Waals surface area (Å²) < 4.78 is 0. The molecule has 2 unspecified atom stereocenters. The Morgan fingerprint density at radius 1 is 1.41 bits per heavy atom. The fourth-order valence-electron chi connectivity index (χ4n) is 2.67. The van der Waals surface area contributed by atoms with E-state index in [1.54, 1.807) is 0 Å². The molecule has 17 heavy (non-hydrogen) atoms. The number of piperidine rings is 1. The van der Waals surface area contributed by atoms with Crippen LogP contribution in [-0.4, -0.2) is 24.2 Å². The molecule has 0 radical (unpaired) electrons. The molecule has 0 bridgehead atoms. The van der Waals surface area contributed by atoms with Crippen molar-refractivity contribution < 1.29 is 9.90 Å². The van der Waals surface area contributed by atoms with Gasteiger partial charge >= 0.3 is 5.97 Å². The molecule has 2 N–H and O–H groups in total. The minimum atomic E-state index is -0.692. The second kappa shape index (κ2) is 4.88. The van der Waals surface area contributed by atoms with Gasteiger partial charge in [-0.05, 0) is 49.4 Å². The third-order valence-corrected chi connectivity index (χ3v) is 3.85. The number of aliphatic carboxylic acids is 1. The molecule has 92 valence electrons. The lowest BCUT2D eigenvalue weighted by Crippen LogP contribution is -2.39. The number of nitrogens with one attached hydrogen (secondary N) is 1. The second-order valence-electron chi connectivity index (χ2n) is 4.83. The fraction of sp³-hybridized carbons (Fsp3) is 0.500. The van der Waals surface area contributed by atoms with Gasteiger partial charge in [0.15, 0.2) is 0 Å². The van der Waals surface area contributed by atoms with Crippen molar-refractivity contribution in [3.63, 3.8) is 0 Å². The summed E-state index contributed by atoms with van der Waals surface area (Å²) in [5.41, 5.74) is 3.69. The summed E-state index contributed by atoms with van der Waals surface area (Å²) in [7, 11) is 0. The molecule has 0 saturated carbocycles. The average Bonchev–Trinajstić information content (AvgIpc) is 2.33. The lowest BCUT2D eigenvalue weighted by atomic mass is 9.79. The largest absolute Gasteiger partial charge is 0.481 e. The zero-order valence-electron chi connectivity index (χ0n) is 10.4. The zero-order chi connectivity index (χ0) is 12.4. The molecule has 1 heterocycles. The molecule has 3 heteroatoms. The fourth-order valence-corrected chi connectivity index (χ4v) is 2.67. The van der Waals surface area contributed by atoms with E-state index in [2.05, 4.69) is 31.3 Å². The first kappa shape index (κ1) is 12.1. The van der Waals surface area contributed by atoms with Crippen LogP contribution in [0.15, 0.2) is 18.2 Å². The Morgan fingerprint density at radius 3 is 2.88 bits per heavy atom. The van der Waals surface area contributed by atoms with Gasteiger partial charge in [-0.15, -0.1) is 0 Å². The normalized spacial score (nSPS) is 24.6. The molecule has 1 aliphatic rings. The highest BCUT2D eigenvalue weighted by atomic mass is 16.4. The Labute approximate surface area is 102 Å². The minimum Gasteiger partial charge on any atom is -0.481 e. The van der Waals surface area contributed by atoms with Crippen LogP contribution in [-0.2, 0) is 4.79 Å². The van der Waals surface area contributed by atoms with Crippen molar-refractivity contribution in [3.05, 3.63) is 34.9 Å². The predicted molar refractivity (Wildman–Crippen MR) is 67.3 cm³/mol. The molecule has 2 atom stereocenters. The van der Waals surface area contributed by atoms with E-state index >= 15 is 0 Å². The molecule has 1 saturated heterocycles. The van der Waals surface area contributed by atoms with Crippen LogP contribution in [0.4, 0.5) is 0 Å². The van der Waals surface area contributed by atoms with Crippen molar-refractivity contribution in [1.29, 1.82) is 0 Å². The van der Waals surface area contributed by atoms with E-state index in [-0.39, 0.29) is 11.8 Å². The van der Waals surface area contributed by atoms with Crippen LogP contribution in [0, 0.1) is 19.8 Å². The van der Waals surface area contributed by atoms with Crippen LogP contribution < -0.4 is 5.32 Å². The first-order valence-corrected chi connectivity index (χ1v) is 6.11. The van der Waals surface area contributed by atoms with Crippen LogP contribution in [0.2, 0.25) is 0 Å². The maximum atomic E-state index is 11.3. The maximum absolute atomic E-state index is 11.3. The number of benzene rings is 1. The summed E-state index contributed by atoms with van der Waals surface area (Å²) in [6.07, 6.45) is 0.904. The van der Waals surface area contributed by atoms with E-state index in [4.69, 9.17) is 0 Å². The third-order valence-electron chi connectivity index (χ3n) is 3.85. The smallest absolute Gasteiger partial charge is 0.308 e. The SMILES string of the molecule is Cc1cccc(C2CCNCC2C(=O)O)c1C. The second-order valence-corrected chi connectivity index (χ2v) is 4.83. The maximum Gasteiger partial charge on any atom is 0.308 e. The molecular formula is C14H19NO2. The average molecular weight is 233 g/mol. The number of hydrogen-bond acceptors (Lipinski definition) is 2. The molecule has 1 aliphatic heterocycles. The molecule has 0 spiro atoms. The lowest BCUT2D eigenvalue weighted by Gasteiger charge is -2.31. The van der Waals surface area contributed by atoms with Gasteiger partial charge in [0.1, 0.15) is 0 Å². The van der Waals surface area contributed by atoms with Crippen molar-refractivity contribution >= 4 is 5.97 Å². The van der Waals surface area contributed by atoms with Gasteiger partial charge in [-0.3, -0.25) is 4.79 Å². The van der Waals surface area contributed by atoms with Crippen molar-refractivity contribution in [1.82, 2.24) is 5.32 Å². The van der Waals surface area contributed by atoms with E-state index in [9.17, 15) is 9.90 Å². The molecule has 0 aromatic heterocycles. The number of aryl methyl sites for hydroxylation is 1. The van der Waals surface area contributed by atoms with Gasteiger partial charge in [0.2, 0.25) is 0 Å². The lowest BCUT2D eigenvalue weighted by molar-refractivity contribution is -0.142. The number of carboxylic acid groups (broad SMARTS) is 1. The van der Waals surface area contributed by atoms with Crippen LogP contribution in [0.25, 0.3) is 0 Å². The first-order valence-electron chi connectivity index (χ1n) is 6.11. The summed E-state index contributed by atoms with van der Waals surface area (Å²) in [5, 5.41) is 12.5. The highest BCUT2D eigenvalue weighted by Gasteiger charge is 2.32. The van der Waals surface area contributed by atoms with Crippen LogP contribution in [0.5, 0.6) is 0 Å². The highest BCUT2D eigenvalue weighted by Crippen LogP contribution is 2.33. The topological polar surface area (TPSA) is 49.3 Å². The molecular weight excluding hydrogens is 214 g/mol. The summed E-state index contributed by atoms with van der Waals surface area (Å²) >= 11 is 0. The molecule has 3 nitrogen and oxygen atoms in total. The number of hydrogen-bond donors (Lipinski definition) is 2. The molecule has 1 aromatic rings. The summed E-state index contributed by atoms with van der Waals surface area (Å²) in [6.45, 7) is 5.65. The van der Waals surface area contributed by atoms with E-state index < -0.39 is 5.97 Å². The molecule has 2 rings (SSSR count). The molecule has 0 amide bonds. The van der Waals surface area contributed by atoms with Crippen LogP contribution in [0.3, 0.4) is 0 Å². The Balaban J connectivity index is 2.36. The number of rotatable bonds is 2. The monoisotopic (exact) mass is 233 g/mol. The quantitative estimate of drug-likeness (QED) is 0.822. The van der Waals surface area contributed by atoms with Gasteiger partial charge in [-0.25, -0.2) is 0 Å². The summed E-state index contributed by atoms with van der Waals surface area (Å²) in [5.74, 6) is -0.846. The van der Waals surface area contributed by atoms with Crippen LogP contribution in [0.1, 0.15) is 29.0 Å². The van der Waals surface area contributed by atoms with Crippen molar-refractivity contribution in [3.8, 4) is 0 Å². The zero-order valence-corrected chi connectivity index (χ0v) is 10.4. The van der Waals surface area contributed by atoms with Gasteiger partial charge in [-0.2, -0.15) is 0 Å². The van der Waals surface area contributed by atoms with E-state index in [1.165, 1.54) is 16.7 Å². The Morgan fingerprint density at radius 2 is 2.18 bits per heavy atom. The summed E-state index contributed by atoms with van der Waals surface area (Å²) in [4.78, 5) is 11.3. The van der Waals surface area contributed by atoms with Crippen molar-refractivity contribution in [2.75, 3.05) is 13.1 Å². The van der Waals surface area contributed by atoms with Gasteiger partial charge in [0, 0.05) is 6.54 Å². The highest BCUT2D eigenvalue weighted by molar-refractivity contribution is 5.72. The molecule has 0 aliphatic carbocycles. The van der Waals surface area contributed by atoms with Gasteiger partial charge in [0.25, 0.3) is 0 Å². The van der Waals surface area contributed by atoms with Gasteiger partial charge in [0.05, 0.1) is 5.92 Å². The summed E-state index contributed by atoms with van der Waals surface area (Å²) in [6, 6.07) is 6.18. The van der Waals surface area contributed by atoms with Crippen molar-refractivity contribution in [2.45, 2.75) is 26.2 Å². The Bertz CT molecular complexity index is 428. The Hall–Kier alpha value is -1.35. The van der Waals surface area contributed by atoms with E-state index in [1.807, 2.05) is 6.07 Å². The van der Waals surface area contributed by atoms with Crippen molar-refractivity contribution in [2.24, 2.45) is 5.92 Å². The predicted octanol–water partition coefficient (Wildman–Crippen LogP) is 2.08. The first-order chi connectivity index (χ1) is 8.11.